The predicted octanol–water partition coefficient (Wildman–Crippen LogP) is 2.04. The highest BCUT2D eigenvalue weighted by Crippen LogP contribution is 2.21. The second-order valence-corrected chi connectivity index (χ2v) is 4.34. The van der Waals surface area contributed by atoms with Crippen LogP contribution in [0.4, 0.5) is 0 Å². The lowest BCUT2D eigenvalue weighted by Crippen LogP contribution is -2.24. The zero-order chi connectivity index (χ0) is 14.0. The van der Waals surface area contributed by atoms with Crippen LogP contribution in [0.5, 0.6) is 0 Å². The van der Waals surface area contributed by atoms with E-state index in [1.807, 2.05) is 25.1 Å². The van der Waals surface area contributed by atoms with Gasteiger partial charge in [0.1, 0.15) is 5.70 Å². The third kappa shape index (κ3) is 2.82. The molecule has 2 aromatic rings. The van der Waals surface area contributed by atoms with Gasteiger partial charge in [-0.05, 0) is 24.6 Å². The largest absolute Gasteiger partial charge is 0.477 e. The van der Waals surface area contributed by atoms with E-state index in [1.165, 1.54) is 13.0 Å². The summed E-state index contributed by atoms with van der Waals surface area (Å²) in [6.07, 6.45) is 3.16. The van der Waals surface area contributed by atoms with Gasteiger partial charge in [0, 0.05) is 29.6 Å². The number of aromatic amines is 1. The van der Waals surface area contributed by atoms with Crippen molar-refractivity contribution in [1.82, 2.24) is 10.3 Å². The number of carboxylic acids is 1. The number of H-pyrrole nitrogens is 1. The molecule has 2 rings (SSSR count). The Bertz CT molecular complexity index is 683. The van der Waals surface area contributed by atoms with Crippen LogP contribution in [0.1, 0.15) is 18.1 Å². The van der Waals surface area contributed by atoms with Crippen molar-refractivity contribution in [2.24, 2.45) is 0 Å². The Morgan fingerprint density at radius 3 is 2.74 bits per heavy atom. The molecule has 0 bridgehead atoms. The number of carbonyl (C=O) groups excluding carboxylic acids is 1. The molecule has 0 aliphatic rings. The number of aliphatic carboxylic acids is 1. The lowest BCUT2D eigenvalue weighted by Gasteiger charge is -2.02. The van der Waals surface area contributed by atoms with Crippen LogP contribution in [0.3, 0.4) is 0 Å². The van der Waals surface area contributed by atoms with E-state index in [2.05, 4.69) is 10.3 Å². The number of hydrogen-bond donors (Lipinski definition) is 3. The predicted molar refractivity (Wildman–Crippen MR) is 72.5 cm³/mol. The lowest BCUT2D eigenvalue weighted by atomic mass is 10.1. The molecule has 0 fully saturated rings. The van der Waals surface area contributed by atoms with E-state index in [9.17, 15) is 9.59 Å². The fraction of sp³-hybridized carbons (Fsp3) is 0.143. The Hall–Kier alpha value is -2.56. The molecule has 0 radical (unpaired) electrons. The highest BCUT2D eigenvalue weighted by Gasteiger charge is 2.10. The number of nitrogens with one attached hydrogen (secondary N) is 2. The average Bonchev–Trinajstić information content (AvgIpc) is 2.70. The maximum Gasteiger partial charge on any atom is 0.352 e. The zero-order valence-corrected chi connectivity index (χ0v) is 10.7. The Morgan fingerprint density at radius 2 is 2.11 bits per heavy atom. The molecule has 3 N–H and O–H groups in total. The van der Waals surface area contributed by atoms with Gasteiger partial charge in [-0.1, -0.05) is 12.1 Å². The summed E-state index contributed by atoms with van der Waals surface area (Å²) in [5, 5.41) is 12.3. The summed E-state index contributed by atoms with van der Waals surface area (Å²) in [5.74, 6) is -1.58. The molecular weight excluding hydrogens is 244 g/mol. The van der Waals surface area contributed by atoms with Crippen LogP contribution in [0.2, 0.25) is 0 Å². The summed E-state index contributed by atoms with van der Waals surface area (Å²) in [4.78, 5) is 25.1. The summed E-state index contributed by atoms with van der Waals surface area (Å²) in [7, 11) is 0. The second kappa shape index (κ2) is 4.97. The molecule has 0 aliphatic heterocycles. The normalized spacial score (nSPS) is 11.6. The minimum absolute atomic E-state index is 0.144. The first-order valence-electron chi connectivity index (χ1n) is 5.77. The minimum atomic E-state index is -1.17. The quantitative estimate of drug-likeness (QED) is 0.737. The molecule has 0 atom stereocenters. The summed E-state index contributed by atoms with van der Waals surface area (Å²) < 4.78 is 0. The van der Waals surface area contributed by atoms with Gasteiger partial charge in [-0.15, -0.1) is 0 Å². The standard InChI is InChI=1S/C14H14N2O3/c1-8-3-4-11-10(7-15-12(11)5-8)6-13(14(18)19)16-9(2)17/h3-7,15H,1-2H3,(H,16,17)(H,18,19). The van der Waals surface area contributed by atoms with E-state index in [0.29, 0.717) is 0 Å². The van der Waals surface area contributed by atoms with Crippen LogP contribution in [0, 0.1) is 6.92 Å². The summed E-state index contributed by atoms with van der Waals surface area (Å²) >= 11 is 0. The topological polar surface area (TPSA) is 82.2 Å². The van der Waals surface area contributed by atoms with Crippen LogP contribution in [-0.4, -0.2) is 22.0 Å². The molecule has 1 aromatic heterocycles. The van der Waals surface area contributed by atoms with Crippen molar-refractivity contribution >= 4 is 28.9 Å². The third-order valence-corrected chi connectivity index (χ3v) is 2.71. The van der Waals surface area contributed by atoms with Crippen LogP contribution in [-0.2, 0) is 9.59 Å². The minimum Gasteiger partial charge on any atom is -0.477 e. The van der Waals surface area contributed by atoms with Crippen molar-refractivity contribution in [3.05, 3.63) is 41.2 Å². The molecule has 0 spiro atoms. The van der Waals surface area contributed by atoms with Crippen molar-refractivity contribution in [2.75, 3.05) is 0 Å². The molecule has 0 saturated carbocycles. The van der Waals surface area contributed by atoms with Gasteiger partial charge < -0.3 is 15.4 Å². The van der Waals surface area contributed by atoms with Crippen LogP contribution in [0.15, 0.2) is 30.1 Å². The molecule has 5 heteroatoms. The van der Waals surface area contributed by atoms with Gasteiger partial charge in [0.05, 0.1) is 0 Å². The number of benzene rings is 1. The first-order valence-corrected chi connectivity index (χ1v) is 5.77. The van der Waals surface area contributed by atoms with Gasteiger partial charge in [-0.3, -0.25) is 4.79 Å². The number of aromatic nitrogens is 1. The second-order valence-electron chi connectivity index (χ2n) is 4.34. The number of carbonyl (C=O) groups is 2. The fourth-order valence-corrected chi connectivity index (χ4v) is 1.88. The van der Waals surface area contributed by atoms with Crippen LogP contribution < -0.4 is 5.32 Å². The molecule has 1 heterocycles. The number of amides is 1. The Balaban J connectivity index is 2.48. The number of aryl methyl sites for hydroxylation is 1. The van der Waals surface area contributed by atoms with Crippen molar-refractivity contribution in [2.45, 2.75) is 13.8 Å². The van der Waals surface area contributed by atoms with E-state index in [1.54, 1.807) is 6.20 Å². The van der Waals surface area contributed by atoms with Crippen molar-refractivity contribution in [3.8, 4) is 0 Å². The van der Waals surface area contributed by atoms with Crippen LogP contribution >= 0.6 is 0 Å². The molecule has 0 unspecified atom stereocenters. The summed E-state index contributed by atoms with van der Waals surface area (Å²) in [6.45, 7) is 3.26. The van der Waals surface area contributed by atoms with E-state index in [0.717, 1.165) is 22.0 Å². The number of fused-ring (bicyclic) bond motifs is 1. The van der Waals surface area contributed by atoms with E-state index >= 15 is 0 Å². The Kier molecular flexibility index (Phi) is 3.37. The van der Waals surface area contributed by atoms with E-state index < -0.39 is 11.9 Å². The Morgan fingerprint density at radius 1 is 1.37 bits per heavy atom. The molecule has 0 aliphatic carbocycles. The maximum atomic E-state index is 11.1. The van der Waals surface area contributed by atoms with E-state index in [-0.39, 0.29) is 5.70 Å². The SMILES string of the molecule is CC(=O)NC(=Cc1c[nH]c2cc(C)ccc12)C(=O)O. The van der Waals surface area contributed by atoms with Gasteiger partial charge in [0.25, 0.3) is 0 Å². The third-order valence-electron chi connectivity index (χ3n) is 2.71. The van der Waals surface area contributed by atoms with Crippen molar-refractivity contribution < 1.29 is 14.7 Å². The number of carboxylic acid groups (broad SMARTS) is 1. The van der Waals surface area contributed by atoms with Gasteiger partial charge in [-0.2, -0.15) is 0 Å². The molecule has 1 aromatic carbocycles. The molecule has 98 valence electrons. The van der Waals surface area contributed by atoms with Gasteiger partial charge >= 0.3 is 5.97 Å². The highest BCUT2D eigenvalue weighted by molar-refractivity contribution is 5.99. The van der Waals surface area contributed by atoms with E-state index in [4.69, 9.17) is 5.11 Å². The van der Waals surface area contributed by atoms with Gasteiger partial charge in [-0.25, -0.2) is 4.79 Å². The van der Waals surface area contributed by atoms with Gasteiger partial charge in [0.2, 0.25) is 5.91 Å². The maximum absolute atomic E-state index is 11.1. The Labute approximate surface area is 109 Å². The first kappa shape index (κ1) is 12.9. The molecule has 19 heavy (non-hydrogen) atoms. The summed E-state index contributed by atoms with van der Waals surface area (Å²) in [5.41, 5.74) is 2.62. The zero-order valence-electron chi connectivity index (χ0n) is 10.7. The number of hydrogen-bond acceptors (Lipinski definition) is 2. The lowest BCUT2D eigenvalue weighted by molar-refractivity contribution is -0.134. The highest BCUT2D eigenvalue weighted by atomic mass is 16.4. The monoisotopic (exact) mass is 258 g/mol. The van der Waals surface area contributed by atoms with Crippen LogP contribution in [0.25, 0.3) is 17.0 Å². The molecule has 1 amide bonds. The fourth-order valence-electron chi connectivity index (χ4n) is 1.88. The van der Waals surface area contributed by atoms with Gasteiger partial charge in [0.15, 0.2) is 0 Å². The average molecular weight is 258 g/mol. The summed E-state index contributed by atoms with van der Waals surface area (Å²) in [6, 6.07) is 5.85. The number of rotatable bonds is 3. The first-order chi connectivity index (χ1) is 8.97. The smallest absolute Gasteiger partial charge is 0.352 e. The van der Waals surface area contributed by atoms with Crippen molar-refractivity contribution in [1.29, 1.82) is 0 Å². The van der Waals surface area contributed by atoms with Crippen molar-refractivity contribution in [3.63, 3.8) is 0 Å². The molecule has 5 nitrogen and oxygen atoms in total. The molecular formula is C14H14N2O3. The molecule has 0 saturated heterocycles.